The molecule has 1 heterocycles. The van der Waals surface area contributed by atoms with Crippen molar-refractivity contribution in [3.05, 3.63) is 33.0 Å². The first kappa shape index (κ1) is 12.0. The number of nitro groups is 1. The van der Waals surface area contributed by atoms with Crippen molar-refractivity contribution in [3.8, 4) is 6.07 Å². The predicted molar refractivity (Wildman–Crippen MR) is 49.9 cm³/mol. The lowest BCUT2D eigenvalue weighted by molar-refractivity contribution is -0.390. The Hall–Kier alpha value is -2.10. The standard InChI is InChI=1S/C9H7F2N3O2/c1-5-4-6(2-3-12)9(14(15)16)13-7(5)8(10)11/h4,8H,2H2,1H3. The quantitative estimate of drug-likeness (QED) is 0.586. The highest BCUT2D eigenvalue weighted by Gasteiger charge is 2.25. The van der Waals surface area contributed by atoms with E-state index in [0.717, 1.165) is 0 Å². The Balaban J connectivity index is 3.38. The van der Waals surface area contributed by atoms with Gasteiger partial charge in [-0.2, -0.15) is 5.26 Å². The number of nitrogens with zero attached hydrogens (tertiary/aromatic N) is 3. The van der Waals surface area contributed by atoms with Crippen LogP contribution in [0, 0.1) is 28.4 Å². The SMILES string of the molecule is Cc1cc(CC#N)c([N+](=O)[O-])nc1C(F)F. The van der Waals surface area contributed by atoms with E-state index in [1.54, 1.807) is 6.07 Å². The normalized spacial score (nSPS) is 10.2. The molecule has 0 aliphatic carbocycles. The zero-order valence-electron chi connectivity index (χ0n) is 8.28. The van der Waals surface area contributed by atoms with Crippen molar-refractivity contribution in [1.82, 2.24) is 4.98 Å². The number of nitriles is 1. The first-order valence-corrected chi connectivity index (χ1v) is 4.27. The van der Waals surface area contributed by atoms with E-state index in [2.05, 4.69) is 4.98 Å². The summed E-state index contributed by atoms with van der Waals surface area (Å²) in [5.41, 5.74) is -0.423. The smallest absolute Gasteiger partial charge is 0.358 e. The van der Waals surface area contributed by atoms with Gasteiger partial charge in [-0.05, 0) is 22.9 Å². The molecule has 0 radical (unpaired) electrons. The number of pyridine rings is 1. The van der Waals surface area contributed by atoms with Crippen molar-refractivity contribution in [3.63, 3.8) is 0 Å². The minimum absolute atomic E-state index is 0.0504. The van der Waals surface area contributed by atoms with Gasteiger partial charge in [0.15, 0.2) is 0 Å². The summed E-state index contributed by atoms with van der Waals surface area (Å²) in [6, 6.07) is 2.93. The number of alkyl halides is 2. The summed E-state index contributed by atoms with van der Waals surface area (Å²) in [6.07, 6.45) is -3.09. The topological polar surface area (TPSA) is 79.8 Å². The lowest BCUT2D eigenvalue weighted by Crippen LogP contribution is -2.04. The van der Waals surface area contributed by atoms with Crippen LogP contribution in [0.1, 0.15) is 23.2 Å². The third kappa shape index (κ3) is 2.28. The zero-order chi connectivity index (χ0) is 12.3. The maximum absolute atomic E-state index is 12.4. The third-order valence-electron chi connectivity index (χ3n) is 1.96. The summed E-state index contributed by atoms with van der Waals surface area (Å²) >= 11 is 0. The summed E-state index contributed by atoms with van der Waals surface area (Å²) in [4.78, 5) is 13.0. The fraction of sp³-hybridized carbons (Fsp3) is 0.333. The Labute approximate surface area is 89.5 Å². The van der Waals surface area contributed by atoms with Crippen LogP contribution in [0.3, 0.4) is 0 Å². The first-order valence-electron chi connectivity index (χ1n) is 4.27. The monoisotopic (exact) mass is 227 g/mol. The fourth-order valence-electron chi connectivity index (χ4n) is 1.27. The van der Waals surface area contributed by atoms with Crippen LogP contribution < -0.4 is 0 Å². The van der Waals surface area contributed by atoms with E-state index >= 15 is 0 Å². The van der Waals surface area contributed by atoms with Crippen LogP contribution in [0.25, 0.3) is 0 Å². The molecule has 0 spiro atoms. The van der Waals surface area contributed by atoms with Gasteiger partial charge in [0.05, 0.1) is 18.1 Å². The first-order chi connectivity index (χ1) is 7.47. The Bertz CT molecular complexity index is 469. The summed E-state index contributed by atoms with van der Waals surface area (Å²) in [7, 11) is 0. The van der Waals surface area contributed by atoms with Crippen LogP contribution in [0.2, 0.25) is 0 Å². The van der Waals surface area contributed by atoms with Gasteiger partial charge in [-0.25, -0.2) is 8.78 Å². The number of rotatable bonds is 3. The predicted octanol–water partition coefficient (Wildman–Crippen LogP) is 2.30. The van der Waals surface area contributed by atoms with Crippen LogP contribution in [0.15, 0.2) is 6.07 Å². The van der Waals surface area contributed by atoms with Gasteiger partial charge in [0.1, 0.15) is 0 Å². The van der Waals surface area contributed by atoms with Crippen LogP contribution in [-0.4, -0.2) is 9.91 Å². The number of aromatic nitrogens is 1. The average Bonchev–Trinajstić information content (AvgIpc) is 2.17. The molecule has 0 aliphatic rings. The van der Waals surface area contributed by atoms with Gasteiger partial charge in [-0.15, -0.1) is 0 Å². The molecule has 0 aromatic carbocycles. The molecule has 1 rings (SSSR count). The second-order valence-corrected chi connectivity index (χ2v) is 3.07. The number of aryl methyl sites for hydroxylation is 1. The fourth-order valence-corrected chi connectivity index (χ4v) is 1.27. The van der Waals surface area contributed by atoms with Crippen molar-refractivity contribution < 1.29 is 13.7 Å². The minimum Gasteiger partial charge on any atom is -0.358 e. The van der Waals surface area contributed by atoms with Crippen molar-refractivity contribution >= 4 is 5.82 Å². The molecule has 0 amide bonds. The van der Waals surface area contributed by atoms with E-state index < -0.39 is 22.9 Å². The number of hydrogen-bond donors (Lipinski definition) is 0. The summed E-state index contributed by atoms with van der Waals surface area (Å²) in [5.74, 6) is -0.678. The number of halogens is 2. The highest BCUT2D eigenvalue weighted by atomic mass is 19.3. The minimum atomic E-state index is -2.87. The zero-order valence-corrected chi connectivity index (χ0v) is 8.28. The van der Waals surface area contributed by atoms with Crippen molar-refractivity contribution in [2.75, 3.05) is 0 Å². The second kappa shape index (κ2) is 4.61. The Morgan fingerprint density at radius 1 is 1.69 bits per heavy atom. The summed E-state index contributed by atoms with van der Waals surface area (Å²) in [6.45, 7) is 1.37. The van der Waals surface area contributed by atoms with Crippen LogP contribution in [0.4, 0.5) is 14.6 Å². The van der Waals surface area contributed by atoms with Gasteiger partial charge in [0, 0.05) is 5.56 Å². The molecule has 0 N–H and O–H groups in total. The molecule has 16 heavy (non-hydrogen) atoms. The van der Waals surface area contributed by atoms with Gasteiger partial charge >= 0.3 is 12.2 Å². The van der Waals surface area contributed by atoms with Crippen molar-refractivity contribution in [1.29, 1.82) is 5.26 Å². The maximum atomic E-state index is 12.4. The van der Waals surface area contributed by atoms with Gasteiger partial charge in [-0.1, -0.05) is 0 Å². The Morgan fingerprint density at radius 2 is 2.31 bits per heavy atom. The van der Waals surface area contributed by atoms with E-state index in [1.165, 1.54) is 13.0 Å². The van der Waals surface area contributed by atoms with Crippen molar-refractivity contribution in [2.45, 2.75) is 19.8 Å². The largest absolute Gasteiger partial charge is 0.368 e. The Kier molecular flexibility index (Phi) is 3.45. The third-order valence-corrected chi connectivity index (χ3v) is 1.96. The molecule has 1 aromatic rings. The van der Waals surface area contributed by atoms with Gasteiger partial charge < -0.3 is 10.1 Å². The molecular formula is C9H7F2N3O2. The Morgan fingerprint density at radius 3 is 2.75 bits per heavy atom. The van der Waals surface area contributed by atoms with E-state index in [-0.39, 0.29) is 17.5 Å². The van der Waals surface area contributed by atoms with Gasteiger partial charge in [0.25, 0.3) is 0 Å². The molecule has 0 saturated carbocycles. The molecule has 1 aromatic heterocycles. The molecule has 0 bridgehead atoms. The van der Waals surface area contributed by atoms with Gasteiger partial charge in [0.2, 0.25) is 5.69 Å². The highest BCUT2D eigenvalue weighted by molar-refractivity contribution is 5.40. The molecule has 0 unspecified atom stereocenters. The molecule has 5 nitrogen and oxygen atoms in total. The molecule has 84 valence electrons. The van der Waals surface area contributed by atoms with E-state index in [9.17, 15) is 18.9 Å². The van der Waals surface area contributed by atoms with Crippen LogP contribution >= 0.6 is 0 Å². The van der Waals surface area contributed by atoms with E-state index in [0.29, 0.717) is 0 Å². The van der Waals surface area contributed by atoms with Crippen molar-refractivity contribution in [2.24, 2.45) is 0 Å². The van der Waals surface area contributed by atoms with Crippen LogP contribution in [-0.2, 0) is 6.42 Å². The van der Waals surface area contributed by atoms with Crippen LogP contribution in [0.5, 0.6) is 0 Å². The molecule has 0 atom stereocenters. The highest BCUT2D eigenvalue weighted by Crippen LogP contribution is 2.26. The molecule has 0 aliphatic heterocycles. The summed E-state index contributed by atoms with van der Waals surface area (Å²) < 4.78 is 24.9. The molecular weight excluding hydrogens is 220 g/mol. The molecule has 0 fully saturated rings. The maximum Gasteiger partial charge on any atom is 0.368 e. The summed E-state index contributed by atoms with van der Waals surface area (Å²) in [5, 5.41) is 19.0. The second-order valence-electron chi connectivity index (χ2n) is 3.07. The van der Waals surface area contributed by atoms with Gasteiger partial charge in [-0.3, -0.25) is 0 Å². The number of hydrogen-bond acceptors (Lipinski definition) is 4. The molecule has 0 saturated heterocycles. The molecule has 7 heteroatoms. The van der Waals surface area contributed by atoms with E-state index in [1.807, 2.05) is 0 Å². The average molecular weight is 227 g/mol. The lowest BCUT2D eigenvalue weighted by Gasteiger charge is -2.03. The lowest BCUT2D eigenvalue weighted by atomic mass is 10.1. The van der Waals surface area contributed by atoms with E-state index in [4.69, 9.17) is 5.26 Å².